The van der Waals surface area contributed by atoms with Gasteiger partial charge in [0.05, 0.1) is 4.05 Å². The van der Waals surface area contributed by atoms with Gasteiger partial charge in [0, 0.05) is 5.56 Å². The van der Waals surface area contributed by atoms with E-state index >= 15 is 0 Å². The Kier molecular flexibility index (Phi) is 4.51. The monoisotopic (exact) mass is 437 g/mol. The number of halogens is 1. The number of benzene rings is 3. The van der Waals surface area contributed by atoms with Crippen LogP contribution in [-0.2, 0) is 4.79 Å². The average molecular weight is 437 g/mol. The zero-order valence-electron chi connectivity index (χ0n) is 12.9. The van der Waals surface area contributed by atoms with Crippen molar-refractivity contribution in [2.24, 2.45) is 5.73 Å². The fourth-order valence-corrected chi connectivity index (χ4v) is 3.52. The molecule has 0 fully saturated rings. The summed E-state index contributed by atoms with van der Waals surface area (Å²) in [5.74, 6) is -0.352. The van der Waals surface area contributed by atoms with E-state index in [0.29, 0.717) is 11.3 Å². The Morgan fingerprint density at radius 3 is 2.58 bits per heavy atom. The number of aromatic hydroxyl groups is 1. The molecule has 6 heteroatoms. The molecule has 124 valence electrons. The smallest absolute Gasteiger partial charge is 0.341 e. The highest BCUT2D eigenvalue weighted by molar-refractivity contribution is 14.1. The number of aliphatic carboxylic acids is 1. The third kappa shape index (κ3) is 3.11. The molecule has 24 heavy (non-hydrogen) atoms. The molecule has 0 spiro atoms. The van der Waals surface area contributed by atoms with Gasteiger partial charge >= 0.3 is 5.97 Å². The second-order valence-electron chi connectivity index (χ2n) is 5.62. The molecule has 3 aromatic rings. The number of carboxylic acids is 1. The second kappa shape index (κ2) is 6.45. The van der Waals surface area contributed by atoms with Gasteiger partial charge in [-0.05, 0) is 64.4 Å². The molecule has 0 aliphatic heterocycles. The van der Waals surface area contributed by atoms with Crippen LogP contribution >= 0.6 is 22.6 Å². The van der Waals surface area contributed by atoms with Crippen LogP contribution in [0.3, 0.4) is 0 Å². The number of carbonyl (C=O) groups is 1. The Bertz CT molecular complexity index is 953. The third-order valence-corrected chi connectivity index (χ3v) is 4.55. The van der Waals surface area contributed by atoms with Crippen molar-refractivity contribution < 1.29 is 19.7 Å². The zero-order valence-corrected chi connectivity index (χ0v) is 15.1. The van der Waals surface area contributed by atoms with E-state index in [1.54, 1.807) is 12.1 Å². The number of carboxylic acid groups (broad SMARTS) is 1. The van der Waals surface area contributed by atoms with Gasteiger partial charge in [-0.2, -0.15) is 0 Å². The molecule has 0 heterocycles. The molecule has 1 unspecified atom stereocenters. The van der Waals surface area contributed by atoms with E-state index in [1.165, 1.54) is 0 Å². The summed E-state index contributed by atoms with van der Waals surface area (Å²) in [4.78, 5) is 10.7. The Morgan fingerprint density at radius 2 is 1.92 bits per heavy atom. The predicted octanol–water partition coefficient (Wildman–Crippen LogP) is 3.86. The molecule has 5 nitrogen and oxygen atoms in total. The van der Waals surface area contributed by atoms with Gasteiger partial charge in [-0.1, -0.05) is 28.7 Å². The quantitative estimate of drug-likeness (QED) is 0.250. The molecule has 0 aliphatic rings. The molecule has 3 rings (SSSR count). The van der Waals surface area contributed by atoms with E-state index < -0.39 is 5.97 Å². The van der Waals surface area contributed by atoms with E-state index in [-0.39, 0.29) is 16.4 Å². The molecule has 0 bridgehead atoms. The lowest BCUT2D eigenvalue weighted by molar-refractivity contribution is -0.139. The lowest BCUT2D eigenvalue weighted by atomic mass is 9.96. The first-order valence-corrected chi connectivity index (χ1v) is 8.55. The standard InChI is InChI=1S/C18H16INO4/c1-9-4-12(24-8-16(22)23)5-11-7-14-10(6-13(9)11)2-3-15(21)17(14)18(19)20/h2-7,18,21H,8,20H2,1H3,(H,22,23). The highest BCUT2D eigenvalue weighted by Crippen LogP contribution is 2.37. The average Bonchev–Trinajstić information content (AvgIpc) is 2.51. The fourth-order valence-electron chi connectivity index (χ4n) is 2.87. The highest BCUT2D eigenvalue weighted by atomic mass is 127. The number of alkyl halides is 1. The van der Waals surface area contributed by atoms with Gasteiger partial charge < -0.3 is 20.7 Å². The number of hydrogen-bond donors (Lipinski definition) is 3. The van der Waals surface area contributed by atoms with Crippen LogP contribution < -0.4 is 10.5 Å². The first-order chi connectivity index (χ1) is 11.4. The Morgan fingerprint density at radius 1 is 1.21 bits per heavy atom. The highest BCUT2D eigenvalue weighted by Gasteiger charge is 2.14. The summed E-state index contributed by atoms with van der Waals surface area (Å²) in [5.41, 5.74) is 7.68. The minimum Gasteiger partial charge on any atom is -0.508 e. The lowest BCUT2D eigenvalue weighted by Gasteiger charge is -2.14. The summed E-state index contributed by atoms with van der Waals surface area (Å²) < 4.78 is 4.96. The van der Waals surface area contributed by atoms with Crippen molar-refractivity contribution in [1.82, 2.24) is 0 Å². The number of nitrogens with two attached hydrogens (primary N) is 1. The molecule has 0 aliphatic carbocycles. The normalized spacial score (nSPS) is 12.5. The summed E-state index contributed by atoms with van der Waals surface area (Å²) in [6.45, 7) is 1.57. The van der Waals surface area contributed by atoms with Gasteiger partial charge in [0.15, 0.2) is 6.61 Å². The van der Waals surface area contributed by atoms with Crippen molar-refractivity contribution in [2.45, 2.75) is 11.0 Å². The number of fused-ring (bicyclic) bond motifs is 2. The van der Waals surface area contributed by atoms with Gasteiger partial charge in [0.1, 0.15) is 11.5 Å². The van der Waals surface area contributed by atoms with Crippen LogP contribution in [0.25, 0.3) is 21.5 Å². The molecule has 4 N–H and O–H groups in total. The number of rotatable bonds is 4. The van der Waals surface area contributed by atoms with Gasteiger partial charge in [0.2, 0.25) is 0 Å². The summed E-state index contributed by atoms with van der Waals surface area (Å²) in [5, 5.41) is 22.7. The first kappa shape index (κ1) is 16.8. The summed E-state index contributed by atoms with van der Waals surface area (Å²) in [6, 6.07) is 11.1. The van der Waals surface area contributed by atoms with Gasteiger partial charge in [0.25, 0.3) is 0 Å². The van der Waals surface area contributed by atoms with Crippen LogP contribution in [0.5, 0.6) is 11.5 Å². The minimum atomic E-state index is -1.02. The molecule has 0 saturated carbocycles. The van der Waals surface area contributed by atoms with Gasteiger partial charge in [-0.25, -0.2) is 4.79 Å². The van der Waals surface area contributed by atoms with E-state index in [1.807, 2.05) is 31.2 Å². The summed E-state index contributed by atoms with van der Waals surface area (Å²) in [7, 11) is 0. The van der Waals surface area contributed by atoms with Gasteiger partial charge in [-0.3, -0.25) is 0 Å². The van der Waals surface area contributed by atoms with E-state index in [0.717, 1.165) is 27.1 Å². The lowest BCUT2D eigenvalue weighted by Crippen LogP contribution is -2.09. The van der Waals surface area contributed by atoms with Crippen LogP contribution in [0.2, 0.25) is 0 Å². The largest absolute Gasteiger partial charge is 0.508 e. The number of phenols is 1. The van der Waals surface area contributed by atoms with Crippen molar-refractivity contribution in [3.63, 3.8) is 0 Å². The topological polar surface area (TPSA) is 92.8 Å². The zero-order chi connectivity index (χ0) is 17.4. The molecule has 0 aromatic heterocycles. The number of phenolic OH excluding ortho intramolecular Hbond substituents is 1. The van der Waals surface area contributed by atoms with Crippen molar-refractivity contribution >= 4 is 50.1 Å². The minimum absolute atomic E-state index is 0.166. The SMILES string of the molecule is Cc1cc(OCC(=O)O)cc2cc3c(C(N)I)c(O)ccc3cc12. The fraction of sp³-hybridized carbons (Fsp3) is 0.167. The predicted molar refractivity (Wildman–Crippen MR) is 102 cm³/mol. The molecule has 3 aromatic carbocycles. The van der Waals surface area contributed by atoms with Crippen molar-refractivity contribution in [2.75, 3.05) is 6.61 Å². The third-order valence-electron chi connectivity index (χ3n) is 3.93. The number of aryl methyl sites for hydroxylation is 1. The number of hydrogen-bond acceptors (Lipinski definition) is 4. The van der Waals surface area contributed by atoms with Crippen LogP contribution in [-0.4, -0.2) is 22.8 Å². The van der Waals surface area contributed by atoms with Crippen molar-refractivity contribution in [3.8, 4) is 11.5 Å². The van der Waals surface area contributed by atoms with E-state index in [9.17, 15) is 9.90 Å². The Hall–Kier alpha value is -2.06. The van der Waals surface area contributed by atoms with E-state index in [2.05, 4.69) is 22.6 Å². The number of ether oxygens (including phenoxy) is 1. The first-order valence-electron chi connectivity index (χ1n) is 7.31. The maximum absolute atomic E-state index is 10.7. The molecule has 0 radical (unpaired) electrons. The second-order valence-corrected chi connectivity index (χ2v) is 6.96. The van der Waals surface area contributed by atoms with E-state index in [4.69, 9.17) is 15.6 Å². The molecular weight excluding hydrogens is 421 g/mol. The molecule has 1 atom stereocenters. The molecule has 0 saturated heterocycles. The Labute approximate surface area is 152 Å². The van der Waals surface area contributed by atoms with Crippen molar-refractivity contribution in [3.05, 3.63) is 47.5 Å². The summed E-state index contributed by atoms with van der Waals surface area (Å²) in [6.07, 6.45) is 0. The van der Waals surface area contributed by atoms with Crippen LogP contribution in [0, 0.1) is 6.92 Å². The molecule has 0 amide bonds. The van der Waals surface area contributed by atoms with Crippen molar-refractivity contribution in [1.29, 1.82) is 0 Å². The summed E-state index contributed by atoms with van der Waals surface area (Å²) >= 11 is 2.07. The maximum Gasteiger partial charge on any atom is 0.341 e. The van der Waals surface area contributed by atoms with Crippen LogP contribution in [0.4, 0.5) is 0 Å². The van der Waals surface area contributed by atoms with Crippen LogP contribution in [0.15, 0.2) is 36.4 Å². The maximum atomic E-state index is 10.7. The van der Waals surface area contributed by atoms with Gasteiger partial charge in [-0.15, -0.1) is 0 Å². The molecular formula is C18H16INO4. The van der Waals surface area contributed by atoms with Crippen LogP contribution in [0.1, 0.15) is 15.2 Å². The Balaban J connectivity index is 2.24.